The van der Waals surface area contributed by atoms with Crippen molar-refractivity contribution < 1.29 is 18.0 Å². The van der Waals surface area contributed by atoms with E-state index in [4.69, 9.17) is 11.6 Å². The number of pyridine rings is 2. The third-order valence-corrected chi connectivity index (χ3v) is 6.38. The van der Waals surface area contributed by atoms with Crippen LogP contribution in [0.25, 0.3) is 16.5 Å². The van der Waals surface area contributed by atoms with Crippen molar-refractivity contribution >= 4 is 52.7 Å². The Labute approximate surface area is 225 Å². The molecule has 4 aromatic rings. The first kappa shape index (κ1) is 26.3. The second kappa shape index (κ2) is 10.4. The number of amides is 1. The number of benzene rings is 1. The van der Waals surface area contributed by atoms with E-state index in [1.165, 1.54) is 24.7 Å². The number of carbonyl (C=O) groups excluding carboxylic acids is 1. The maximum Gasteiger partial charge on any atom is 0.434 e. The van der Waals surface area contributed by atoms with E-state index in [2.05, 4.69) is 42.6 Å². The van der Waals surface area contributed by atoms with Crippen LogP contribution in [0.1, 0.15) is 41.1 Å². The zero-order valence-electron chi connectivity index (χ0n) is 20.4. The first-order valence-corrected chi connectivity index (χ1v) is 12.1. The second-order valence-electron chi connectivity index (χ2n) is 8.47. The Morgan fingerprint density at radius 1 is 1.26 bits per heavy atom. The van der Waals surface area contributed by atoms with Crippen LogP contribution in [-0.2, 0) is 6.18 Å². The molecule has 0 spiro atoms. The van der Waals surface area contributed by atoms with Crippen LogP contribution in [-0.4, -0.2) is 45.1 Å². The van der Waals surface area contributed by atoms with Gasteiger partial charge in [-0.1, -0.05) is 35.9 Å². The first-order valence-electron chi connectivity index (χ1n) is 11.7. The van der Waals surface area contributed by atoms with Crippen LogP contribution >= 0.6 is 11.6 Å². The van der Waals surface area contributed by atoms with E-state index in [0.717, 1.165) is 30.0 Å². The lowest BCUT2D eigenvalue weighted by Gasteiger charge is -2.28. The molecule has 5 rings (SSSR count). The number of hydrogen-bond acceptors (Lipinski definition) is 8. The fourth-order valence-electron chi connectivity index (χ4n) is 4.25. The number of hydrogen-bond donors (Lipinski definition) is 2. The Morgan fingerprint density at radius 3 is 2.62 bits per heavy atom. The van der Waals surface area contributed by atoms with E-state index < -0.39 is 23.3 Å². The van der Waals surface area contributed by atoms with Crippen LogP contribution in [0.15, 0.2) is 59.1 Å². The molecule has 1 atom stereocenters. The summed E-state index contributed by atoms with van der Waals surface area (Å²) in [5.41, 5.74) is -1.01. The normalized spacial score (nSPS) is 15.4. The zero-order valence-corrected chi connectivity index (χ0v) is 21.2. The van der Waals surface area contributed by atoms with Crippen molar-refractivity contribution in [1.29, 1.82) is 0 Å². The molecular formula is C25H21ClF3N9O. The lowest BCUT2D eigenvalue weighted by molar-refractivity contribution is -0.143. The molecular weight excluding hydrogens is 535 g/mol. The van der Waals surface area contributed by atoms with Gasteiger partial charge in [0.15, 0.2) is 11.5 Å². The molecule has 0 bridgehead atoms. The summed E-state index contributed by atoms with van der Waals surface area (Å²) in [6.07, 6.45) is 0.843. The number of aromatic nitrogens is 4. The number of alkyl halides is 3. The van der Waals surface area contributed by atoms with Crippen molar-refractivity contribution in [3.05, 3.63) is 70.9 Å². The molecule has 1 fully saturated rings. The van der Waals surface area contributed by atoms with Crippen molar-refractivity contribution in [3.63, 3.8) is 0 Å². The summed E-state index contributed by atoms with van der Waals surface area (Å²) in [5, 5.41) is 19.6. The molecule has 4 heterocycles. The highest BCUT2D eigenvalue weighted by Gasteiger charge is 2.41. The summed E-state index contributed by atoms with van der Waals surface area (Å²) >= 11 is 6.24. The minimum absolute atomic E-state index is 0.0277. The number of nitrogens with zero attached hydrogens (tertiary/aromatic N) is 7. The van der Waals surface area contributed by atoms with E-state index >= 15 is 0 Å². The van der Waals surface area contributed by atoms with Gasteiger partial charge < -0.3 is 10.6 Å². The van der Waals surface area contributed by atoms with Crippen molar-refractivity contribution in [3.8, 4) is 5.69 Å². The van der Waals surface area contributed by atoms with Gasteiger partial charge in [-0.25, -0.2) is 9.67 Å². The van der Waals surface area contributed by atoms with Crippen LogP contribution in [0.3, 0.4) is 0 Å². The second-order valence-corrected chi connectivity index (χ2v) is 8.88. The largest absolute Gasteiger partial charge is 0.434 e. The number of nitrogens with one attached hydrogen (secondary N) is 2. The molecule has 1 aliphatic heterocycles. The van der Waals surface area contributed by atoms with Crippen molar-refractivity contribution in [1.82, 2.24) is 25.1 Å². The summed E-state index contributed by atoms with van der Waals surface area (Å²) in [6.45, 7) is 5.87. The standard InChI is InChI=1S/C25H21ClF3N9O/c1-3-34-38(30-2)23-18(26)10-14(11-33-23)36-24(39)17-12-35-37(22(17)25(27,28)29)20-13-32-21(19-8-9-31-19)16-7-5-4-6-15(16)20/h3-7,10-13,19,31H,2,8-9H2,1H3,(H,36,39)/b34-3-. The van der Waals surface area contributed by atoms with E-state index in [0.29, 0.717) is 15.5 Å². The molecule has 10 nitrogen and oxygen atoms in total. The molecule has 0 radical (unpaired) electrons. The minimum atomic E-state index is -4.91. The fourth-order valence-corrected chi connectivity index (χ4v) is 4.49. The Bertz CT molecular complexity index is 1600. The molecule has 0 aliphatic carbocycles. The predicted molar refractivity (Wildman–Crippen MR) is 143 cm³/mol. The molecule has 200 valence electrons. The van der Waals surface area contributed by atoms with Crippen molar-refractivity contribution in [2.45, 2.75) is 25.6 Å². The molecule has 3 aromatic heterocycles. The summed E-state index contributed by atoms with van der Waals surface area (Å²) in [6, 6.07) is 8.37. The summed E-state index contributed by atoms with van der Waals surface area (Å²) < 4.78 is 43.8. The van der Waals surface area contributed by atoms with Crippen LogP contribution in [0.5, 0.6) is 0 Å². The summed E-state index contributed by atoms with van der Waals surface area (Å²) in [4.78, 5) is 21.6. The minimum Gasteiger partial charge on any atom is -0.320 e. The Hall–Kier alpha value is -4.36. The lowest BCUT2D eigenvalue weighted by atomic mass is 9.97. The van der Waals surface area contributed by atoms with E-state index in [-0.39, 0.29) is 28.3 Å². The SMILES string of the molecule is C=NN(/N=C\C)c1ncc(NC(=O)c2cnn(-c3cnc(C4CCN4)c4ccccc34)c2C(F)(F)F)cc1Cl. The Morgan fingerprint density at radius 2 is 2.00 bits per heavy atom. The molecule has 39 heavy (non-hydrogen) atoms. The van der Waals surface area contributed by atoms with Gasteiger partial charge >= 0.3 is 6.18 Å². The Balaban J connectivity index is 1.52. The molecule has 1 saturated heterocycles. The average molecular weight is 556 g/mol. The number of halogens is 4. The summed E-state index contributed by atoms with van der Waals surface area (Å²) in [7, 11) is 0. The lowest BCUT2D eigenvalue weighted by Crippen LogP contribution is -2.35. The van der Waals surface area contributed by atoms with Crippen LogP contribution in [0, 0.1) is 0 Å². The van der Waals surface area contributed by atoms with E-state index in [9.17, 15) is 18.0 Å². The molecule has 14 heteroatoms. The number of rotatable bonds is 7. The maximum atomic E-state index is 14.4. The quantitative estimate of drug-likeness (QED) is 0.239. The van der Waals surface area contributed by atoms with Gasteiger partial charge in [0.05, 0.1) is 52.3 Å². The van der Waals surface area contributed by atoms with E-state index in [1.54, 1.807) is 31.2 Å². The smallest absolute Gasteiger partial charge is 0.320 e. The van der Waals surface area contributed by atoms with Crippen molar-refractivity contribution in [2.24, 2.45) is 10.2 Å². The molecule has 1 aromatic carbocycles. The molecule has 1 amide bonds. The monoisotopic (exact) mass is 555 g/mol. The topological polar surface area (TPSA) is 113 Å². The van der Waals surface area contributed by atoms with Gasteiger partial charge in [0, 0.05) is 23.7 Å². The van der Waals surface area contributed by atoms with Gasteiger partial charge in [-0.15, -0.1) is 5.12 Å². The van der Waals surface area contributed by atoms with Crippen molar-refractivity contribution in [2.75, 3.05) is 17.0 Å². The number of carbonyl (C=O) groups is 1. The van der Waals surface area contributed by atoms with Gasteiger partial charge in [-0.3, -0.25) is 9.78 Å². The van der Waals surface area contributed by atoms with Crippen LogP contribution in [0.4, 0.5) is 24.7 Å². The molecule has 2 N–H and O–H groups in total. The van der Waals surface area contributed by atoms with Gasteiger partial charge in [-0.05, 0) is 26.0 Å². The number of fused-ring (bicyclic) bond motifs is 1. The van der Waals surface area contributed by atoms with Gasteiger partial charge in [0.25, 0.3) is 5.91 Å². The van der Waals surface area contributed by atoms with Crippen LogP contribution < -0.4 is 15.8 Å². The molecule has 1 aliphatic rings. The summed E-state index contributed by atoms with van der Waals surface area (Å²) in [5.74, 6) is -0.927. The average Bonchev–Trinajstić information content (AvgIpc) is 3.33. The van der Waals surface area contributed by atoms with E-state index in [1.807, 2.05) is 0 Å². The third-order valence-electron chi connectivity index (χ3n) is 6.10. The third kappa shape index (κ3) is 4.93. The highest BCUT2D eigenvalue weighted by molar-refractivity contribution is 6.33. The number of hydrazone groups is 2. The van der Waals surface area contributed by atoms with Gasteiger partial charge in [0.2, 0.25) is 0 Å². The van der Waals surface area contributed by atoms with Gasteiger partial charge in [0.1, 0.15) is 0 Å². The molecule has 0 saturated carbocycles. The maximum absolute atomic E-state index is 14.4. The Kier molecular flexibility index (Phi) is 7.02. The highest BCUT2D eigenvalue weighted by Crippen LogP contribution is 2.37. The first-order chi connectivity index (χ1) is 18.7. The van der Waals surface area contributed by atoms with Crippen LogP contribution in [0.2, 0.25) is 5.02 Å². The zero-order chi connectivity index (χ0) is 27.7. The number of anilines is 2. The fraction of sp³-hybridized carbons (Fsp3) is 0.200. The molecule has 1 unspecified atom stereocenters. The predicted octanol–water partition coefficient (Wildman–Crippen LogP) is 5.20. The highest BCUT2D eigenvalue weighted by atomic mass is 35.5. The van der Waals surface area contributed by atoms with Gasteiger partial charge in [-0.2, -0.15) is 28.5 Å².